The first-order valence-electron chi connectivity index (χ1n) is 8.51. The highest BCUT2D eigenvalue weighted by molar-refractivity contribution is 5.39. The zero-order valence-corrected chi connectivity index (χ0v) is 12.5. The number of rotatable bonds is 4. The number of fused-ring (bicyclic) bond motifs is 1. The summed E-state index contributed by atoms with van der Waals surface area (Å²) in [7, 11) is 0. The molecule has 1 unspecified atom stereocenters. The molecule has 1 saturated carbocycles. The van der Waals surface area contributed by atoms with Gasteiger partial charge in [-0.2, -0.15) is 0 Å². The van der Waals surface area contributed by atoms with Crippen molar-refractivity contribution in [2.24, 2.45) is 0 Å². The Morgan fingerprint density at radius 1 is 1.05 bits per heavy atom. The van der Waals surface area contributed by atoms with Crippen LogP contribution in [0.5, 0.6) is 0 Å². The van der Waals surface area contributed by atoms with E-state index in [1.165, 1.54) is 64.2 Å². The molecule has 1 aromatic carbocycles. The lowest BCUT2D eigenvalue weighted by molar-refractivity contribution is 0.443. The van der Waals surface area contributed by atoms with Crippen LogP contribution in [0.25, 0.3) is 0 Å². The summed E-state index contributed by atoms with van der Waals surface area (Å²) in [5.74, 6) is 1.74. The highest BCUT2D eigenvalue weighted by Crippen LogP contribution is 2.40. The Kier molecular flexibility index (Phi) is 4.25. The van der Waals surface area contributed by atoms with E-state index in [0.29, 0.717) is 0 Å². The zero-order chi connectivity index (χ0) is 13.1. The summed E-state index contributed by atoms with van der Waals surface area (Å²) < 4.78 is 0. The molecule has 104 valence electrons. The van der Waals surface area contributed by atoms with E-state index >= 15 is 0 Å². The Labute approximate surface area is 118 Å². The third-order valence-electron chi connectivity index (χ3n) is 5.35. The van der Waals surface area contributed by atoms with Gasteiger partial charge in [-0.05, 0) is 60.6 Å². The molecule has 0 heterocycles. The molecule has 1 atom stereocenters. The summed E-state index contributed by atoms with van der Waals surface area (Å²) >= 11 is 0. The molecule has 0 aliphatic heterocycles. The Morgan fingerprint density at radius 2 is 1.89 bits per heavy atom. The quantitative estimate of drug-likeness (QED) is 0.624. The van der Waals surface area contributed by atoms with Crippen molar-refractivity contribution < 1.29 is 0 Å². The molecule has 3 rings (SSSR count). The maximum absolute atomic E-state index is 2.60. The summed E-state index contributed by atoms with van der Waals surface area (Å²) in [6, 6.07) is 7.49. The molecule has 0 amide bonds. The number of hydrogen-bond donors (Lipinski definition) is 0. The van der Waals surface area contributed by atoms with Crippen LogP contribution >= 0.6 is 0 Å². The average molecular weight is 256 g/mol. The molecule has 0 radical (unpaired) electrons. The standard InChI is InChI=1S/C19H28/c1-2-3-7-16-10-11-17-12-13-18(14-19(16)17)15-8-5-4-6-9-15/h12-16H,2-11H2,1H3. The predicted octanol–water partition coefficient (Wildman–Crippen LogP) is 5.95. The minimum absolute atomic E-state index is 0.867. The van der Waals surface area contributed by atoms with Crippen LogP contribution in [-0.4, -0.2) is 0 Å². The average Bonchev–Trinajstić information content (AvgIpc) is 2.88. The number of aryl methyl sites for hydroxylation is 1. The summed E-state index contributed by atoms with van der Waals surface area (Å²) in [6.07, 6.45) is 14.1. The second kappa shape index (κ2) is 6.11. The molecule has 0 spiro atoms. The van der Waals surface area contributed by atoms with E-state index in [9.17, 15) is 0 Å². The normalized spacial score (nSPS) is 23.5. The van der Waals surface area contributed by atoms with Gasteiger partial charge in [0.15, 0.2) is 0 Å². The van der Waals surface area contributed by atoms with Crippen LogP contribution in [0, 0.1) is 0 Å². The van der Waals surface area contributed by atoms with Crippen molar-refractivity contribution in [2.45, 2.75) is 83.0 Å². The summed E-state index contributed by atoms with van der Waals surface area (Å²) in [5, 5.41) is 0. The lowest BCUT2D eigenvalue weighted by atomic mass is 9.82. The second-order valence-electron chi connectivity index (χ2n) is 6.67. The molecular formula is C19H28. The first kappa shape index (κ1) is 13.2. The van der Waals surface area contributed by atoms with Gasteiger partial charge in [0.1, 0.15) is 0 Å². The number of hydrogen-bond acceptors (Lipinski definition) is 0. The Morgan fingerprint density at radius 3 is 2.68 bits per heavy atom. The molecular weight excluding hydrogens is 228 g/mol. The second-order valence-corrected chi connectivity index (χ2v) is 6.67. The van der Waals surface area contributed by atoms with Crippen LogP contribution in [0.4, 0.5) is 0 Å². The van der Waals surface area contributed by atoms with Gasteiger partial charge in [0.05, 0.1) is 0 Å². The zero-order valence-electron chi connectivity index (χ0n) is 12.5. The van der Waals surface area contributed by atoms with Gasteiger partial charge in [0.2, 0.25) is 0 Å². The molecule has 0 aromatic heterocycles. The van der Waals surface area contributed by atoms with E-state index in [1.807, 2.05) is 0 Å². The Hall–Kier alpha value is -0.780. The van der Waals surface area contributed by atoms with Gasteiger partial charge >= 0.3 is 0 Å². The molecule has 1 aromatic rings. The molecule has 0 saturated heterocycles. The van der Waals surface area contributed by atoms with Gasteiger partial charge in [-0.25, -0.2) is 0 Å². The summed E-state index contributed by atoms with van der Waals surface area (Å²) in [6.45, 7) is 2.31. The SMILES string of the molecule is CCCCC1CCc2ccc(C3CCCCC3)cc21. The largest absolute Gasteiger partial charge is 0.0654 e. The van der Waals surface area contributed by atoms with Crippen molar-refractivity contribution in [3.63, 3.8) is 0 Å². The van der Waals surface area contributed by atoms with Crippen LogP contribution in [0.15, 0.2) is 18.2 Å². The molecule has 2 aliphatic carbocycles. The van der Waals surface area contributed by atoms with Crippen LogP contribution in [0.3, 0.4) is 0 Å². The van der Waals surface area contributed by atoms with Crippen molar-refractivity contribution in [2.75, 3.05) is 0 Å². The molecule has 19 heavy (non-hydrogen) atoms. The fourth-order valence-corrected chi connectivity index (χ4v) is 4.15. The Balaban J connectivity index is 1.77. The molecule has 2 aliphatic rings. The van der Waals surface area contributed by atoms with E-state index in [2.05, 4.69) is 25.1 Å². The smallest absolute Gasteiger partial charge is 0.0156 e. The van der Waals surface area contributed by atoms with E-state index in [-0.39, 0.29) is 0 Å². The van der Waals surface area contributed by atoms with E-state index in [0.717, 1.165) is 11.8 Å². The number of unbranched alkanes of at least 4 members (excludes halogenated alkanes) is 1. The van der Waals surface area contributed by atoms with Crippen molar-refractivity contribution in [3.8, 4) is 0 Å². The topological polar surface area (TPSA) is 0 Å². The first-order chi connectivity index (χ1) is 9.38. The van der Waals surface area contributed by atoms with Crippen LogP contribution < -0.4 is 0 Å². The van der Waals surface area contributed by atoms with Gasteiger partial charge in [-0.15, -0.1) is 0 Å². The minimum Gasteiger partial charge on any atom is -0.0654 e. The highest BCUT2D eigenvalue weighted by Gasteiger charge is 2.24. The first-order valence-corrected chi connectivity index (χ1v) is 8.51. The third kappa shape index (κ3) is 2.88. The van der Waals surface area contributed by atoms with Crippen molar-refractivity contribution in [1.29, 1.82) is 0 Å². The van der Waals surface area contributed by atoms with E-state index in [1.54, 1.807) is 16.7 Å². The van der Waals surface area contributed by atoms with Gasteiger partial charge in [0, 0.05) is 0 Å². The van der Waals surface area contributed by atoms with Crippen molar-refractivity contribution in [3.05, 3.63) is 34.9 Å². The molecule has 0 heteroatoms. The number of benzene rings is 1. The molecule has 0 bridgehead atoms. The van der Waals surface area contributed by atoms with Crippen LogP contribution in [0.2, 0.25) is 0 Å². The maximum atomic E-state index is 2.60. The van der Waals surface area contributed by atoms with Gasteiger partial charge in [0.25, 0.3) is 0 Å². The van der Waals surface area contributed by atoms with Crippen molar-refractivity contribution in [1.82, 2.24) is 0 Å². The maximum Gasteiger partial charge on any atom is -0.0156 e. The molecule has 0 N–H and O–H groups in total. The van der Waals surface area contributed by atoms with Gasteiger partial charge in [-0.3, -0.25) is 0 Å². The van der Waals surface area contributed by atoms with Crippen LogP contribution in [-0.2, 0) is 6.42 Å². The van der Waals surface area contributed by atoms with Gasteiger partial charge < -0.3 is 0 Å². The third-order valence-corrected chi connectivity index (χ3v) is 5.35. The lowest BCUT2D eigenvalue weighted by Crippen LogP contribution is -2.05. The highest BCUT2D eigenvalue weighted by atomic mass is 14.3. The minimum atomic E-state index is 0.867. The monoisotopic (exact) mass is 256 g/mol. The summed E-state index contributed by atoms with van der Waals surface area (Å²) in [5.41, 5.74) is 5.03. The van der Waals surface area contributed by atoms with E-state index in [4.69, 9.17) is 0 Å². The van der Waals surface area contributed by atoms with Crippen molar-refractivity contribution >= 4 is 0 Å². The van der Waals surface area contributed by atoms with E-state index < -0.39 is 0 Å². The van der Waals surface area contributed by atoms with Crippen LogP contribution in [0.1, 0.15) is 93.2 Å². The van der Waals surface area contributed by atoms with Gasteiger partial charge in [-0.1, -0.05) is 57.2 Å². The predicted molar refractivity (Wildman–Crippen MR) is 82.9 cm³/mol. The fraction of sp³-hybridized carbons (Fsp3) is 0.684. The lowest BCUT2D eigenvalue weighted by Gasteiger charge is -2.23. The Bertz CT molecular complexity index is 412. The molecule has 1 fully saturated rings. The molecule has 0 nitrogen and oxygen atoms in total. The fourth-order valence-electron chi connectivity index (χ4n) is 4.15. The summed E-state index contributed by atoms with van der Waals surface area (Å²) in [4.78, 5) is 0.